The van der Waals surface area contributed by atoms with Crippen molar-refractivity contribution in [3.8, 4) is 0 Å². The smallest absolute Gasteiger partial charge is 0.377 e. The normalized spacial score (nSPS) is 13.4. The van der Waals surface area contributed by atoms with Gasteiger partial charge < -0.3 is 13.3 Å². The van der Waals surface area contributed by atoms with Gasteiger partial charge in [0.2, 0.25) is 0 Å². The SMILES string of the molecule is CO[Si](CCCS(=O)(=O)C(C)C)(OC)OC. The summed E-state index contributed by atoms with van der Waals surface area (Å²) >= 11 is 0. The molecule has 0 saturated heterocycles. The fraction of sp³-hybridized carbons (Fsp3) is 1.00. The van der Waals surface area contributed by atoms with E-state index in [0.717, 1.165) is 0 Å². The maximum Gasteiger partial charge on any atom is 0.500 e. The van der Waals surface area contributed by atoms with Crippen molar-refractivity contribution in [3.63, 3.8) is 0 Å². The van der Waals surface area contributed by atoms with Crippen molar-refractivity contribution < 1.29 is 21.7 Å². The average Bonchev–Trinajstić information content (AvgIpc) is 2.25. The first-order chi connectivity index (χ1) is 7.33. The lowest BCUT2D eigenvalue weighted by molar-refractivity contribution is 0.123. The number of sulfone groups is 1. The second kappa shape index (κ2) is 6.70. The van der Waals surface area contributed by atoms with Crippen LogP contribution in [0.1, 0.15) is 20.3 Å². The maximum absolute atomic E-state index is 11.6. The van der Waals surface area contributed by atoms with Crippen LogP contribution >= 0.6 is 0 Å². The summed E-state index contributed by atoms with van der Waals surface area (Å²) in [5, 5.41) is -0.337. The second-order valence-corrected chi connectivity index (χ2v) is 9.58. The van der Waals surface area contributed by atoms with Crippen LogP contribution in [0.25, 0.3) is 0 Å². The molecule has 0 amide bonds. The molecule has 0 atom stereocenters. The standard InChI is InChI=1S/C9H22O5SSi/c1-9(2)15(10,11)7-6-8-16(12-3,13-4)14-5/h9H,6-8H2,1-5H3. The van der Waals surface area contributed by atoms with E-state index in [-0.39, 0.29) is 11.0 Å². The topological polar surface area (TPSA) is 61.8 Å². The fourth-order valence-corrected chi connectivity index (χ4v) is 4.28. The van der Waals surface area contributed by atoms with Gasteiger partial charge in [-0.15, -0.1) is 0 Å². The molecule has 0 bridgehead atoms. The first-order valence-electron chi connectivity index (χ1n) is 5.20. The van der Waals surface area contributed by atoms with E-state index in [1.807, 2.05) is 0 Å². The van der Waals surface area contributed by atoms with E-state index < -0.39 is 18.6 Å². The molecule has 5 nitrogen and oxygen atoms in total. The van der Waals surface area contributed by atoms with Crippen molar-refractivity contribution in [1.29, 1.82) is 0 Å². The quantitative estimate of drug-likeness (QED) is 0.618. The van der Waals surface area contributed by atoms with E-state index in [0.29, 0.717) is 12.5 Å². The lowest BCUT2D eigenvalue weighted by Gasteiger charge is -2.24. The van der Waals surface area contributed by atoms with Gasteiger partial charge in [0.05, 0.1) is 11.0 Å². The van der Waals surface area contributed by atoms with Crippen LogP contribution in [-0.4, -0.2) is 49.6 Å². The van der Waals surface area contributed by atoms with Crippen LogP contribution in [0.2, 0.25) is 6.04 Å². The van der Waals surface area contributed by atoms with E-state index >= 15 is 0 Å². The Hall–Kier alpha value is 0.0469. The molecule has 0 aromatic heterocycles. The molecular formula is C9H22O5SSi. The highest BCUT2D eigenvalue weighted by Crippen LogP contribution is 2.16. The van der Waals surface area contributed by atoms with Crippen molar-refractivity contribution in [3.05, 3.63) is 0 Å². The molecule has 0 saturated carbocycles. The Kier molecular flexibility index (Phi) is 6.72. The molecule has 0 aromatic rings. The van der Waals surface area contributed by atoms with Gasteiger partial charge in [0.1, 0.15) is 0 Å². The highest BCUT2D eigenvalue weighted by molar-refractivity contribution is 7.91. The Morgan fingerprint density at radius 3 is 1.81 bits per heavy atom. The van der Waals surface area contributed by atoms with E-state index in [1.54, 1.807) is 13.8 Å². The van der Waals surface area contributed by atoms with Crippen LogP contribution < -0.4 is 0 Å². The van der Waals surface area contributed by atoms with E-state index in [2.05, 4.69) is 0 Å². The van der Waals surface area contributed by atoms with Crippen molar-refractivity contribution >= 4 is 18.6 Å². The minimum absolute atomic E-state index is 0.148. The third-order valence-corrected chi connectivity index (χ3v) is 7.69. The van der Waals surface area contributed by atoms with Gasteiger partial charge in [0, 0.05) is 27.4 Å². The van der Waals surface area contributed by atoms with Gasteiger partial charge in [0.25, 0.3) is 0 Å². The summed E-state index contributed by atoms with van der Waals surface area (Å²) < 4.78 is 38.8. The van der Waals surface area contributed by atoms with Gasteiger partial charge in [0.15, 0.2) is 9.84 Å². The number of rotatable bonds is 8. The summed E-state index contributed by atoms with van der Waals surface area (Å²) in [5.74, 6) is 0.148. The van der Waals surface area contributed by atoms with Crippen molar-refractivity contribution in [1.82, 2.24) is 0 Å². The van der Waals surface area contributed by atoms with Gasteiger partial charge in [-0.3, -0.25) is 0 Å². The van der Waals surface area contributed by atoms with E-state index in [9.17, 15) is 8.42 Å². The predicted octanol–water partition coefficient (Wildman–Crippen LogP) is 1.08. The Bertz CT molecular complexity index is 276. The van der Waals surface area contributed by atoms with Crippen molar-refractivity contribution in [2.75, 3.05) is 27.1 Å². The number of hydrogen-bond acceptors (Lipinski definition) is 5. The van der Waals surface area contributed by atoms with Gasteiger partial charge >= 0.3 is 8.80 Å². The largest absolute Gasteiger partial charge is 0.500 e. The zero-order chi connectivity index (χ0) is 12.8. The van der Waals surface area contributed by atoms with Crippen LogP contribution in [0.3, 0.4) is 0 Å². The molecule has 0 N–H and O–H groups in total. The molecule has 0 aliphatic heterocycles. The third kappa shape index (κ3) is 4.50. The van der Waals surface area contributed by atoms with Crippen LogP contribution in [0.15, 0.2) is 0 Å². The van der Waals surface area contributed by atoms with Crippen LogP contribution in [0, 0.1) is 0 Å². The zero-order valence-electron chi connectivity index (χ0n) is 10.6. The summed E-state index contributed by atoms with van der Waals surface area (Å²) in [7, 11) is -1.03. The summed E-state index contributed by atoms with van der Waals surface area (Å²) in [5.41, 5.74) is 0. The van der Waals surface area contributed by atoms with Gasteiger partial charge in [-0.25, -0.2) is 8.42 Å². The molecule has 0 spiro atoms. The molecule has 98 valence electrons. The molecule has 0 unspecified atom stereocenters. The van der Waals surface area contributed by atoms with Gasteiger partial charge in [-0.1, -0.05) is 0 Å². The maximum atomic E-state index is 11.6. The molecule has 0 radical (unpaired) electrons. The van der Waals surface area contributed by atoms with Crippen LogP contribution in [-0.2, 0) is 23.1 Å². The Labute approximate surface area is 99.4 Å². The molecule has 7 heteroatoms. The highest BCUT2D eigenvalue weighted by Gasteiger charge is 2.37. The van der Waals surface area contributed by atoms with E-state index in [1.165, 1.54) is 21.3 Å². The van der Waals surface area contributed by atoms with Gasteiger partial charge in [-0.2, -0.15) is 0 Å². The van der Waals surface area contributed by atoms with Gasteiger partial charge in [-0.05, 0) is 20.3 Å². The minimum atomic E-state index is -2.99. The predicted molar refractivity (Wildman–Crippen MR) is 65.1 cm³/mol. The monoisotopic (exact) mass is 270 g/mol. The highest BCUT2D eigenvalue weighted by atomic mass is 32.2. The second-order valence-electron chi connectivity index (χ2n) is 3.81. The van der Waals surface area contributed by atoms with Crippen molar-refractivity contribution in [2.45, 2.75) is 31.6 Å². The molecule has 0 rings (SSSR count). The molecule has 0 aromatic carbocycles. The molecule has 0 aliphatic carbocycles. The van der Waals surface area contributed by atoms with E-state index in [4.69, 9.17) is 13.3 Å². The third-order valence-electron chi connectivity index (χ3n) is 2.56. The van der Waals surface area contributed by atoms with Crippen LogP contribution in [0.5, 0.6) is 0 Å². The number of hydrogen-bond donors (Lipinski definition) is 0. The zero-order valence-corrected chi connectivity index (χ0v) is 12.5. The molecule has 0 heterocycles. The first kappa shape index (κ1) is 16.0. The molecular weight excluding hydrogens is 248 g/mol. The first-order valence-corrected chi connectivity index (χ1v) is 8.85. The molecule has 16 heavy (non-hydrogen) atoms. The lowest BCUT2D eigenvalue weighted by Crippen LogP contribution is -2.43. The summed E-state index contributed by atoms with van der Waals surface area (Å²) in [6, 6.07) is 0.516. The van der Waals surface area contributed by atoms with Crippen LogP contribution in [0.4, 0.5) is 0 Å². The Morgan fingerprint density at radius 1 is 1.06 bits per heavy atom. The Balaban J connectivity index is 4.25. The Morgan fingerprint density at radius 2 is 1.50 bits per heavy atom. The van der Waals surface area contributed by atoms with Crippen molar-refractivity contribution in [2.24, 2.45) is 0 Å². The summed E-state index contributed by atoms with van der Waals surface area (Å²) in [6.45, 7) is 3.37. The lowest BCUT2D eigenvalue weighted by atomic mass is 10.6. The average molecular weight is 270 g/mol. The summed E-state index contributed by atoms with van der Waals surface area (Å²) in [4.78, 5) is 0. The fourth-order valence-electron chi connectivity index (χ4n) is 1.28. The molecule has 0 aliphatic rings. The summed E-state index contributed by atoms with van der Waals surface area (Å²) in [6.07, 6.45) is 0.502. The molecule has 0 fully saturated rings. The minimum Gasteiger partial charge on any atom is -0.377 e.